The Bertz CT molecular complexity index is 240. The number of rotatable bonds is 4. The fourth-order valence-corrected chi connectivity index (χ4v) is 1.26. The van der Waals surface area contributed by atoms with Gasteiger partial charge in [0, 0.05) is 12.1 Å². The van der Waals surface area contributed by atoms with Crippen LogP contribution in [-0.4, -0.2) is 6.54 Å². The highest BCUT2D eigenvalue weighted by Crippen LogP contribution is 2.12. The Morgan fingerprint density at radius 3 is 2.67 bits per heavy atom. The minimum Gasteiger partial charge on any atom is -0.466 e. The van der Waals surface area contributed by atoms with E-state index in [0.717, 1.165) is 24.6 Å². The van der Waals surface area contributed by atoms with Gasteiger partial charge in [-0.2, -0.15) is 0 Å². The Kier molecular flexibility index (Phi) is 3.35. The van der Waals surface area contributed by atoms with Crippen LogP contribution < -0.4 is 5.32 Å². The topological polar surface area (TPSA) is 25.2 Å². The van der Waals surface area contributed by atoms with Gasteiger partial charge in [0.15, 0.2) is 0 Å². The molecule has 0 radical (unpaired) electrons. The molecule has 2 nitrogen and oxygen atoms in total. The highest BCUT2D eigenvalue weighted by atomic mass is 16.3. The van der Waals surface area contributed by atoms with Crippen LogP contribution in [0.2, 0.25) is 0 Å². The van der Waals surface area contributed by atoms with Crippen molar-refractivity contribution in [3.05, 3.63) is 23.2 Å². The number of nitrogens with one attached hydrogen (secondary N) is 1. The fourth-order valence-electron chi connectivity index (χ4n) is 1.26. The average molecular weight is 167 g/mol. The molecule has 0 aliphatic heterocycles. The van der Waals surface area contributed by atoms with E-state index in [1.54, 1.807) is 0 Å². The maximum atomic E-state index is 5.41. The summed E-state index contributed by atoms with van der Waals surface area (Å²) in [5.41, 5.74) is 1.28. The van der Waals surface area contributed by atoms with Gasteiger partial charge >= 0.3 is 0 Å². The lowest BCUT2D eigenvalue weighted by atomic mass is 10.2. The van der Waals surface area contributed by atoms with Gasteiger partial charge in [0.05, 0.1) is 0 Å². The number of furan rings is 1. The van der Waals surface area contributed by atoms with E-state index in [9.17, 15) is 0 Å². The van der Waals surface area contributed by atoms with Crippen molar-refractivity contribution in [2.45, 2.75) is 33.7 Å². The van der Waals surface area contributed by atoms with Crippen molar-refractivity contribution in [3.8, 4) is 0 Å². The summed E-state index contributed by atoms with van der Waals surface area (Å²) in [6, 6.07) is 2.10. The molecule has 0 aliphatic carbocycles. The molecule has 0 aliphatic rings. The van der Waals surface area contributed by atoms with Crippen molar-refractivity contribution in [2.75, 3.05) is 6.54 Å². The molecule has 0 amide bonds. The van der Waals surface area contributed by atoms with Crippen molar-refractivity contribution >= 4 is 0 Å². The van der Waals surface area contributed by atoms with Crippen LogP contribution in [0, 0.1) is 13.8 Å². The molecule has 0 spiro atoms. The molecule has 1 rings (SSSR count). The van der Waals surface area contributed by atoms with Gasteiger partial charge < -0.3 is 9.73 Å². The summed E-state index contributed by atoms with van der Waals surface area (Å²) in [6.07, 6.45) is 1.18. The summed E-state index contributed by atoms with van der Waals surface area (Å²) in [7, 11) is 0. The van der Waals surface area contributed by atoms with E-state index >= 15 is 0 Å². The smallest absolute Gasteiger partial charge is 0.105 e. The standard InChI is InChI=1S/C10H17NO/c1-4-5-11-7-10-6-8(2)12-9(10)3/h6,11H,4-5,7H2,1-3H3. The highest BCUT2D eigenvalue weighted by molar-refractivity contribution is 5.19. The zero-order chi connectivity index (χ0) is 8.97. The third-order valence-corrected chi connectivity index (χ3v) is 1.89. The lowest BCUT2D eigenvalue weighted by molar-refractivity contribution is 0.499. The summed E-state index contributed by atoms with van der Waals surface area (Å²) < 4.78 is 5.41. The quantitative estimate of drug-likeness (QED) is 0.696. The zero-order valence-corrected chi connectivity index (χ0v) is 8.11. The number of hydrogen-bond donors (Lipinski definition) is 1. The van der Waals surface area contributed by atoms with Gasteiger partial charge in [-0.1, -0.05) is 6.92 Å². The molecule has 0 unspecified atom stereocenters. The van der Waals surface area contributed by atoms with Gasteiger partial charge in [0.2, 0.25) is 0 Å². The van der Waals surface area contributed by atoms with Crippen molar-refractivity contribution in [1.29, 1.82) is 0 Å². The first-order chi connectivity index (χ1) is 5.74. The van der Waals surface area contributed by atoms with Crippen LogP contribution in [0.15, 0.2) is 10.5 Å². The minimum absolute atomic E-state index is 0.928. The van der Waals surface area contributed by atoms with E-state index in [1.807, 2.05) is 13.8 Å². The SMILES string of the molecule is CCCNCc1cc(C)oc1C. The van der Waals surface area contributed by atoms with Gasteiger partial charge in [-0.3, -0.25) is 0 Å². The van der Waals surface area contributed by atoms with Gasteiger partial charge in [0.1, 0.15) is 11.5 Å². The van der Waals surface area contributed by atoms with E-state index in [4.69, 9.17) is 4.42 Å². The van der Waals surface area contributed by atoms with E-state index in [-0.39, 0.29) is 0 Å². The molecule has 2 heteroatoms. The molecule has 0 bridgehead atoms. The lowest BCUT2D eigenvalue weighted by Crippen LogP contribution is -2.13. The van der Waals surface area contributed by atoms with Gasteiger partial charge in [-0.05, 0) is 32.9 Å². The van der Waals surface area contributed by atoms with E-state index in [2.05, 4.69) is 18.3 Å². The zero-order valence-electron chi connectivity index (χ0n) is 8.11. The molecule has 68 valence electrons. The van der Waals surface area contributed by atoms with Crippen molar-refractivity contribution < 1.29 is 4.42 Å². The highest BCUT2D eigenvalue weighted by Gasteiger charge is 2.02. The van der Waals surface area contributed by atoms with Crippen LogP contribution in [0.4, 0.5) is 0 Å². The predicted molar refractivity (Wildman–Crippen MR) is 50.2 cm³/mol. The van der Waals surface area contributed by atoms with Crippen LogP contribution in [0.5, 0.6) is 0 Å². The molecule has 12 heavy (non-hydrogen) atoms. The molecule has 0 saturated carbocycles. The van der Waals surface area contributed by atoms with Gasteiger partial charge in [0.25, 0.3) is 0 Å². The molecule has 1 N–H and O–H groups in total. The average Bonchev–Trinajstić information content (AvgIpc) is 2.31. The minimum atomic E-state index is 0.928. The van der Waals surface area contributed by atoms with Gasteiger partial charge in [-0.25, -0.2) is 0 Å². The Labute approximate surface area is 74.0 Å². The second-order valence-electron chi connectivity index (χ2n) is 3.12. The Balaban J connectivity index is 2.45. The molecule has 1 aromatic rings. The molecule has 1 heterocycles. The maximum Gasteiger partial charge on any atom is 0.105 e. The second-order valence-corrected chi connectivity index (χ2v) is 3.12. The summed E-state index contributed by atoms with van der Waals surface area (Å²) in [5, 5.41) is 3.35. The van der Waals surface area contributed by atoms with Crippen LogP contribution >= 0.6 is 0 Å². The third kappa shape index (κ3) is 2.38. The van der Waals surface area contributed by atoms with Gasteiger partial charge in [-0.15, -0.1) is 0 Å². The Hall–Kier alpha value is -0.760. The molecule has 0 aromatic carbocycles. The van der Waals surface area contributed by atoms with Crippen molar-refractivity contribution in [1.82, 2.24) is 5.32 Å². The first-order valence-corrected chi connectivity index (χ1v) is 4.50. The van der Waals surface area contributed by atoms with E-state index in [1.165, 1.54) is 12.0 Å². The Morgan fingerprint density at radius 2 is 2.17 bits per heavy atom. The molecule has 0 saturated heterocycles. The summed E-state index contributed by atoms with van der Waals surface area (Å²) in [4.78, 5) is 0. The maximum absolute atomic E-state index is 5.41. The van der Waals surface area contributed by atoms with E-state index < -0.39 is 0 Å². The van der Waals surface area contributed by atoms with Crippen molar-refractivity contribution in [3.63, 3.8) is 0 Å². The van der Waals surface area contributed by atoms with Crippen LogP contribution in [0.25, 0.3) is 0 Å². The molecular weight excluding hydrogens is 150 g/mol. The Morgan fingerprint density at radius 1 is 1.42 bits per heavy atom. The summed E-state index contributed by atoms with van der Waals surface area (Å²) in [6.45, 7) is 8.16. The normalized spacial score (nSPS) is 10.6. The summed E-state index contributed by atoms with van der Waals surface area (Å²) in [5.74, 6) is 2.04. The van der Waals surface area contributed by atoms with Crippen LogP contribution in [0.1, 0.15) is 30.4 Å². The van der Waals surface area contributed by atoms with Crippen LogP contribution in [0.3, 0.4) is 0 Å². The molecular formula is C10H17NO. The predicted octanol–water partition coefficient (Wildman–Crippen LogP) is 2.40. The second kappa shape index (κ2) is 4.31. The monoisotopic (exact) mass is 167 g/mol. The fraction of sp³-hybridized carbons (Fsp3) is 0.600. The molecule has 0 atom stereocenters. The number of aryl methyl sites for hydroxylation is 2. The number of hydrogen-bond acceptors (Lipinski definition) is 2. The molecule has 0 fully saturated rings. The summed E-state index contributed by atoms with van der Waals surface area (Å²) >= 11 is 0. The van der Waals surface area contributed by atoms with E-state index in [0.29, 0.717) is 0 Å². The first-order valence-electron chi connectivity index (χ1n) is 4.50. The van der Waals surface area contributed by atoms with Crippen LogP contribution in [-0.2, 0) is 6.54 Å². The largest absolute Gasteiger partial charge is 0.466 e. The molecule has 1 aromatic heterocycles. The lowest BCUT2D eigenvalue weighted by Gasteiger charge is -1.99. The first kappa shape index (κ1) is 9.33. The third-order valence-electron chi connectivity index (χ3n) is 1.89. The van der Waals surface area contributed by atoms with Crippen molar-refractivity contribution in [2.24, 2.45) is 0 Å².